The minimum atomic E-state index is -0.552. The van der Waals surface area contributed by atoms with E-state index in [0.717, 1.165) is 22.5 Å². The number of amides is 1. The molecule has 1 amide bonds. The lowest BCUT2D eigenvalue weighted by atomic mass is 9.91. The van der Waals surface area contributed by atoms with Crippen LogP contribution in [0.15, 0.2) is 101 Å². The van der Waals surface area contributed by atoms with Crippen molar-refractivity contribution in [3.63, 3.8) is 0 Å². The third-order valence-electron chi connectivity index (χ3n) is 5.65. The Morgan fingerprint density at radius 2 is 1.69 bits per heavy atom. The fourth-order valence-electron chi connectivity index (χ4n) is 4.29. The number of anilines is 1. The molecule has 0 fully saturated rings. The lowest BCUT2D eigenvalue weighted by Crippen LogP contribution is -2.33. The highest BCUT2D eigenvalue weighted by Crippen LogP contribution is 2.43. The SMILES string of the molecule is O=C1C2=C(C(c3ccccc3)=NCCN2)[C@@H](c2cccc([N+](=O)[O-])c2)N1c1ccccc1. The first-order chi connectivity index (χ1) is 15.6. The number of nitrogens with one attached hydrogen (secondary N) is 1. The Bertz CT molecular complexity index is 1250. The number of hydrogen-bond acceptors (Lipinski definition) is 5. The highest BCUT2D eigenvalue weighted by Gasteiger charge is 2.44. The number of nitro groups is 1. The number of non-ortho nitro benzene ring substituents is 1. The fourth-order valence-corrected chi connectivity index (χ4v) is 4.29. The maximum atomic E-state index is 13.7. The minimum Gasteiger partial charge on any atom is -0.378 e. The van der Waals surface area contributed by atoms with Crippen LogP contribution in [0.2, 0.25) is 0 Å². The van der Waals surface area contributed by atoms with Gasteiger partial charge in [0, 0.05) is 35.5 Å². The van der Waals surface area contributed by atoms with Crippen molar-refractivity contribution in [3.05, 3.63) is 117 Å². The van der Waals surface area contributed by atoms with Gasteiger partial charge >= 0.3 is 0 Å². The van der Waals surface area contributed by atoms with Gasteiger partial charge in [0.25, 0.3) is 11.6 Å². The van der Waals surface area contributed by atoms with Gasteiger partial charge in [-0.05, 0) is 17.7 Å². The molecule has 0 aromatic heterocycles. The van der Waals surface area contributed by atoms with Gasteiger partial charge in [0.05, 0.1) is 23.2 Å². The van der Waals surface area contributed by atoms with Crippen molar-refractivity contribution in [3.8, 4) is 0 Å². The van der Waals surface area contributed by atoms with Gasteiger partial charge in [-0.3, -0.25) is 24.8 Å². The van der Waals surface area contributed by atoms with Gasteiger partial charge in [0.1, 0.15) is 5.70 Å². The van der Waals surface area contributed by atoms with Crippen molar-refractivity contribution < 1.29 is 9.72 Å². The molecule has 0 saturated heterocycles. The largest absolute Gasteiger partial charge is 0.378 e. The molecule has 1 N–H and O–H groups in total. The van der Waals surface area contributed by atoms with E-state index < -0.39 is 11.0 Å². The Kier molecular flexibility index (Phi) is 4.99. The van der Waals surface area contributed by atoms with Crippen LogP contribution in [0.3, 0.4) is 0 Å². The fraction of sp³-hybridized carbons (Fsp3) is 0.120. The van der Waals surface area contributed by atoms with Gasteiger partial charge in [-0.15, -0.1) is 0 Å². The zero-order valence-electron chi connectivity index (χ0n) is 17.1. The molecule has 7 heteroatoms. The third kappa shape index (κ3) is 3.33. The van der Waals surface area contributed by atoms with Crippen molar-refractivity contribution in [2.45, 2.75) is 6.04 Å². The lowest BCUT2D eigenvalue weighted by Gasteiger charge is -2.28. The van der Waals surface area contributed by atoms with Gasteiger partial charge < -0.3 is 5.32 Å². The normalized spacial score (nSPS) is 18.0. The molecule has 3 aromatic carbocycles. The highest BCUT2D eigenvalue weighted by atomic mass is 16.6. The standard InChI is InChI=1S/C25H20N4O3/c30-25-23-21(22(26-14-15-27-23)17-8-3-1-4-9-17)24(28(25)19-11-5-2-6-12-19)18-10-7-13-20(16-18)29(31)32/h1-13,16,24,27H,14-15H2/t24-/m1/s1. The molecular formula is C25H20N4O3. The summed E-state index contributed by atoms with van der Waals surface area (Å²) in [5.41, 5.74) is 4.23. The number of hydrogen-bond donors (Lipinski definition) is 1. The second-order valence-corrected chi connectivity index (χ2v) is 7.58. The number of aliphatic imine (C=N–C) groups is 1. The number of rotatable bonds is 4. The molecule has 0 aliphatic carbocycles. The average Bonchev–Trinajstić information content (AvgIpc) is 2.97. The van der Waals surface area contributed by atoms with E-state index in [1.54, 1.807) is 11.0 Å². The summed E-state index contributed by atoms with van der Waals surface area (Å²) in [6, 6.07) is 25.0. The summed E-state index contributed by atoms with van der Waals surface area (Å²) >= 11 is 0. The van der Waals surface area contributed by atoms with Crippen molar-refractivity contribution >= 4 is 23.0 Å². The van der Waals surface area contributed by atoms with Crippen molar-refractivity contribution in [1.82, 2.24) is 5.32 Å². The van der Waals surface area contributed by atoms with Gasteiger partial charge in [-0.25, -0.2) is 0 Å². The van der Waals surface area contributed by atoms with Crippen LogP contribution >= 0.6 is 0 Å². The molecule has 0 radical (unpaired) electrons. The van der Waals surface area contributed by atoms with Crippen LogP contribution < -0.4 is 10.2 Å². The Morgan fingerprint density at radius 3 is 2.41 bits per heavy atom. The van der Waals surface area contributed by atoms with E-state index in [0.29, 0.717) is 24.4 Å². The number of carbonyl (C=O) groups excluding carboxylic acids is 1. The molecule has 1 atom stereocenters. The van der Waals surface area contributed by atoms with Crippen LogP contribution in [0, 0.1) is 10.1 Å². The first-order valence-corrected chi connectivity index (χ1v) is 10.4. The van der Waals surface area contributed by atoms with Crippen LogP contribution in [-0.2, 0) is 4.79 Å². The average molecular weight is 424 g/mol. The Morgan fingerprint density at radius 1 is 0.969 bits per heavy atom. The molecule has 0 spiro atoms. The van der Waals surface area contributed by atoms with Gasteiger partial charge in [-0.2, -0.15) is 0 Å². The molecule has 0 saturated carbocycles. The first kappa shape index (κ1) is 19.7. The van der Waals surface area contributed by atoms with E-state index >= 15 is 0 Å². The van der Waals surface area contributed by atoms with Gasteiger partial charge in [-0.1, -0.05) is 60.7 Å². The maximum absolute atomic E-state index is 13.7. The molecule has 2 aliphatic heterocycles. The molecule has 0 unspecified atom stereocenters. The zero-order chi connectivity index (χ0) is 22.1. The summed E-state index contributed by atoms with van der Waals surface area (Å²) in [5, 5.41) is 14.8. The number of carbonyl (C=O) groups is 1. The van der Waals surface area contributed by atoms with Crippen molar-refractivity contribution in [1.29, 1.82) is 0 Å². The van der Waals surface area contributed by atoms with E-state index in [4.69, 9.17) is 4.99 Å². The van der Waals surface area contributed by atoms with E-state index in [1.165, 1.54) is 12.1 Å². The van der Waals surface area contributed by atoms with Crippen LogP contribution in [-0.4, -0.2) is 29.6 Å². The monoisotopic (exact) mass is 424 g/mol. The summed E-state index contributed by atoms with van der Waals surface area (Å²) < 4.78 is 0. The molecule has 7 nitrogen and oxygen atoms in total. The highest BCUT2D eigenvalue weighted by molar-refractivity contribution is 6.23. The zero-order valence-corrected chi connectivity index (χ0v) is 17.1. The van der Waals surface area contributed by atoms with Crippen LogP contribution in [0.4, 0.5) is 11.4 Å². The van der Waals surface area contributed by atoms with Gasteiger partial charge in [0.2, 0.25) is 0 Å². The topological polar surface area (TPSA) is 87.8 Å². The lowest BCUT2D eigenvalue weighted by molar-refractivity contribution is -0.384. The second kappa shape index (κ2) is 8.11. The number of nitrogens with zero attached hydrogens (tertiary/aromatic N) is 3. The predicted octanol–water partition coefficient (Wildman–Crippen LogP) is 4.03. The Balaban J connectivity index is 1.74. The first-order valence-electron chi connectivity index (χ1n) is 10.4. The van der Waals surface area contributed by atoms with Crippen molar-refractivity contribution in [2.75, 3.05) is 18.0 Å². The Labute approximate surface area is 184 Å². The molecule has 2 aliphatic rings. The molecule has 2 heterocycles. The minimum absolute atomic E-state index is 0.0169. The maximum Gasteiger partial charge on any atom is 0.275 e. The summed E-state index contributed by atoms with van der Waals surface area (Å²) in [7, 11) is 0. The van der Waals surface area contributed by atoms with E-state index in [2.05, 4.69) is 5.32 Å². The molecule has 3 aromatic rings. The summed E-state index contributed by atoms with van der Waals surface area (Å²) in [6.45, 7) is 1.06. The van der Waals surface area contributed by atoms with Crippen LogP contribution in [0.1, 0.15) is 17.2 Å². The van der Waals surface area contributed by atoms with Crippen LogP contribution in [0.25, 0.3) is 0 Å². The number of benzene rings is 3. The van der Waals surface area contributed by atoms with Crippen LogP contribution in [0.5, 0.6) is 0 Å². The quantitative estimate of drug-likeness (QED) is 0.506. The third-order valence-corrected chi connectivity index (χ3v) is 5.65. The summed E-state index contributed by atoms with van der Waals surface area (Å²) in [6.07, 6.45) is 0. The summed E-state index contributed by atoms with van der Waals surface area (Å²) in [4.78, 5) is 31.3. The molecule has 32 heavy (non-hydrogen) atoms. The predicted molar refractivity (Wildman–Crippen MR) is 123 cm³/mol. The second-order valence-electron chi connectivity index (χ2n) is 7.58. The van der Waals surface area contributed by atoms with E-state index in [1.807, 2.05) is 66.7 Å². The summed E-state index contributed by atoms with van der Waals surface area (Å²) in [5.74, 6) is -0.173. The Hall–Kier alpha value is -4.26. The van der Waals surface area contributed by atoms with Crippen molar-refractivity contribution in [2.24, 2.45) is 4.99 Å². The molecule has 0 bridgehead atoms. The number of nitro benzene ring substituents is 1. The molecular weight excluding hydrogens is 404 g/mol. The van der Waals surface area contributed by atoms with Gasteiger partial charge in [0.15, 0.2) is 0 Å². The molecule has 5 rings (SSSR count). The smallest absolute Gasteiger partial charge is 0.275 e. The molecule has 158 valence electrons. The van der Waals surface area contributed by atoms with E-state index in [-0.39, 0.29) is 11.6 Å². The van der Waals surface area contributed by atoms with E-state index in [9.17, 15) is 14.9 Å². The number of para-hydroxylation sites is 1.